The minimum Gasteiger partial charge on any atom is -0.539 e. The van der Waals surface area contributed by atoms with Gasteiger partial charge in [0.15, 0.2) is 23.4 Å². The molecule has 0 spiro atoms. The number of carbonyl (C=O) groups is 4. The Hall–Kier alpha value is -4.41. The molecule has 2 heterocycles. The average Bonchev–Trinajstić information content (AvgIpc) is 2.97. The molecule has 15 nitrogen and oxygen atoms in total. The molecule has 2 aromatic rings. The van der Waals surface area contributed by atoms with Gasteiger partial charge in [0.25, 0.3) is 0 Å². The number of anilines is 1. The van der Waals surface area contributed by atoms with E-state index in [1.165, 1.54) is 35.1 Å². The Morgan fingerprint density at radius 3 is 2.02 bits per heavy atom. The van der Waals surface area contributed by atoms with Gasteiger partial charge in [0.1, 0.15) is 25.7 Å². The molecule has 0 aliphatic carbocycles. The zero-order valence-corrected chi connectivity index (χ0v) is 25.4. The maximum atomic E-state index is 11.8. The molecule has 0 saturated carbocycles. The van der Waals surface area contributed by atoms with Crippen LogP contribution in [0.3, 0.4) is 0 Å². The molecular weight excluding hydrogens is 602 g/mol. The van der Waals surface area contributed by atoms with Gasteiger partial charge in [-0.3, -0.25) is 4.72 Å². The van der Waals surface area contributed by atoms with E-state index in [1.807, 2.05) is 24.3 Å². The van der Waals surface area contributed by atoms with Crippen molar-refractivity contribution in [2.24, 2.45) is 0 Å². The number of methoxy groups -OCH3 is 2. The number of nitrogens with one attached hydrogen (secondary N) is 3. The first-order valence-corrected chi connectivity index (χ1v) is 15.4. The molecule has 44 heavy (non-hydrogen) atoms. The summed E-state index contributed by atoms with van der Waals surface area (Å²) in [5.41, 5.74) is 4.49. The third-order valence-electron chi connectivity index (χ3n) is 7.14. The number of aliphatic carboxylic acids is 4. The van der Waals surface area contributed by atoms with E-state index in [0.29, 0.717) is 11.7 Å². The number of carboxylic acids is 4. The lowest BCUT2D eigenvalue weighted by atomic mass is 9.95. The highest BCUT2D eigenvalue weighted by molar-refractivity contribution is 7.92. The van der Waals surface area contributed by atoms with E-state index < -0.39 is 33.9 Å². The summed E-state index contributed by atoms with van der Waals surface area (Å²) in [5, 5.41) is 32.6. The van der Waals surface area contributed by atoms with Crippen molar-refractivity contribution in [3.05, 3.63) is 53.1 Å². The second kappa shape index (κ2) is 16.4. The minimum absolute atomic E-state index is 0.607. The summed E-state index contributed by atoms with van der Waals surface area (Å²) in [6.45, 7) is 5.21. The van der Waals surface area contributed by atoms with E-state index in [-0.39, 0.29) is 0 Å². The molecule has 16 heteroatoms. The fraction of sp³-hybridized carbons (Fsp3) is 0.429. The van der Waals surface area contributed by atoms with Crippen LogP contribution in [0.1, 0.15) is 29.5 Å². The normalized spacial score (nSPS) is 18.9. The minimum atomic E-state index is -3.29. The predicted octanol–water partition coefficient (Wildman–Crippen LogP) is -4.09. The first kappa shape index (κ1) is 35.8. The Morgan fingerprint density at radius 2 is 1.50 bits per heavy atom. The summed E-state index contributed by atoms with van der Waals surface area (Å²) in [6, 6.07) is 12.6. The summed E-state index contributed by atoms with van der Waals surface area (Å²) < 4.78 is 37.2. The first-order chi connectivity index (χ1) is 20.6. The van der Waals surface area contributed by atoms with Crippen LogP contribution in [0.25, 0.3) is 0 Å². The SMILES string of the molecule is COc1cc2c(cc1OC)C[NH+](C1CCC[NH+](Cc3ccccc3NS(C)(=O)=O)C1)CC2.O=C([O-])C(=O)O.O=C([O-])C(=O)O. The van der Waals surface area contributed by atoms with Crippen molar-refractivity contribution in [3.8, 4) is 11.5 Å². The van der Waals surface area contributed by atoms with Gasteiger partial charge in [-0.1, -0.05) is 18.2 Å². The molecular formula is C28H37N3O12S. The molecule has 0 aromatic heterocycles. The smallest absolute Gasteiger partial charge is 0.351 e. The highest BCUT2D eigenvalue weighted by atomic mass is 32.2. The van der Waals surface area contributed by atoms with Crippen molar-refractivity contribution in [3.63, 3.8) is 0 Å². The van der Waals surface area contributed by atoms with Gasteiger partial charge in [-0.15, -0.1) is 0 Å². The molecule has 3 unspecified atom stereocenters. The van der Waals surface area contributed by atoms with Gasteiger partial charge in [0, 0.05) is 30.4 Å². The Balaban J connectivity index is 0.000000477. The topological polar surface area (TPSA) is 228 Å². The van der Waals surface area contributed by atoms with E-state index in [2.05, 4.69) is 16.9 Å². The van der Waals surface area contributed by atoms with Crippen molar-refractivity contribution in [2.75, 3.05) is 44.8 Å². The number of para-hydroxylation sites is 1. The lowest BCUT2D eigenvalue weighted by molar-refractivity contribution is -0.998. The highest BCUT2D eigenvalue weighted by Crippen LogP contribution is 2.31. The van der Waals surface area contributed by atoms with Gasteiger partial charge < -0.3 is 49.3 Å². The van der Waals surface area contributed by atoms with Crippen molar-refractivity contribution in [1.82, 2.24) is 0 Å². The van der Waals surface area contributed by atoms with Crippen LogP contribution >= 0.6 is 0 Å². The number of benzene rings is 2. The Kier molecular flexibility index (Phi) is 13.4. The van der Waals surface area contributed by atoms with Crippen LogP contribution in [0.4, 0.5) is 5.69 Å². The summed E-state index contributed by atoms with van der Waals surface area (Å²) in [7, 11) is 0.0889. The average molecular weight is 640 g/mol. The number of ether oxygens (including phenoxy) is 2. The lowest BCUT2D eigenvalue weighted by Gasteiger charge is -2.37. The van der Waals surface area contributed by atoms with Crippen LogP contribution in [0.15, 0.2) is 36.4 Å². The zero-order valence-electron chi connectivity index (χ0n) is 24.6. The molecule has 0 bridgehead atoms. The highest BCUT2D eigenvalue weighted by Gasteiger charge is 2.34. The van der Waals surface area contributed by atoms with Crippen LogP contribution in [0.5, 0.6) is 11.5 Å². The molecule has 242 valence electrons. The van der Waals surface area contributed by atoms with Crippen molar-refractivity contribution >= 4 is 39.6 Å². The number of sulfonamides is 1. The van der Waals surface area contributed by atoms with Crippen LogP contribution in [-0.2, 0) is 48.7 Å². The maximum Gasteiger partial charge on any atom is 0.351 e. The van der Waals surface area contributed by atoms with Gasteiger partial charge in [-0.05, 0) is 23.8 Å². The monoisotopic (exact) mass is 639 g/mol. The molecule has 0 amide bonds. The predicted molar refractivity (Wildman–Crippen MR) is 150 cm³/mol. The third kappa shape index (κ3) is 11.3. The molecule has 2 aromatic carbocycles. The summed E-state index contributed by atoms with van der Waals surface area (Å²) >= 11 is 0. The number of quaternary nitrogens is 2. The van der Waals surface area contributed by atoms with Gasteiger partial charge in [0.2, 0.25) is 10.0 Å². The fourth-order valence-corrected chi connectivity index (χ4v) is 5.84. The van der Waals surface area contributed by atoms with E-state index in [9.17, 15) is 8.42 Å². The molecule has 5 N–H and O–H groups in total. The number of carbonyl (C=O) groups excluding carboxylic acids is 2. The number of rotatable bonds is 7. The van der Waals surface area contributed by atoms with Gasteiger partial charge in [-0.25, -0.2) is 18.0 Å². The largest absolute Gasteiger partial charge is 0.539 e. The Bertz CT molecular complexity index is 1400. The fourth-order valence-electron chi connectivity index (χ4n) is 5.24. The zero-order chi connectivity index (χ0) is 33.0. The Labute approximate surface area is 254 Å². The summed E-state index contributed by atoms with van der Waals surface area (Å²) in [4.78, 5) is 39.2. The molecule has 1 saturated heterocycles. The van der Waals surface area contributed by atoms with Gasteiger partial charge in [0.05, 0.1) is 39.3 Å². The molecule has 3 atom stereocenters. The molecule has 0 radical (unpaired) electrons. The van der Waals surface area contributed by atoms with Crippen molar-refractivity contribution in [1.29, 1.82) is 0 Å². The summed E-state index contributed by atoms with van der Waals surface area (Å²) in [6.07, 6.45) is 4.70. The van der Waals surface area contributed by atoms with Crippen LogP contribution in [0, 0.1) is 0 Å². The second-order valence-corrected chi connectivity index (χ2v) is 12.0. The van der Waals surface area contributed by atoms with Crippen LogP contribution < -0.4 is 34.2 Å². The number of carboxylic acid groups (broad SMARTS) is 4. The standard InChI is InChI=1S/C24H33N3O4S.2C2H2O4/c1-30-23-13-18-10-12-27(16-20(18)14-24(23)31-2)21-8-6-11-26(17-21)15-19-7-4-5-9-22(19)25-32(3,28)29;2*3-1(4)2(5)6/h4-5,7,9,13-14,21,25H,6,8,10-12,15-17H2,1-3H3;2*(H,3,4)(H,5,6). The van der Waals surface area contributed by atoms with E-state index in [0.717, 1.165) is 56.2 Å². The van der Waals surface area contributed by atoms with E-state index >= 15 is 0 Å². The van der Waals surface area contributed by atoms with E-state index in [4.69, 9.17) is 49.1 Å². The van der Waals surface area contributed by atoms with E-state index in [1.54, 1.807) is 19.1 Å². The molecule has 2 aliphatic heterocycles. The first-order valence-electron chi connectivity index (χ1n) is 13.5. The lowest BCUT2D eigenvalue weighted by Crippen LogP contribution is -3.24. The third-order valence-corrected chi connectivity index (χ3v) is 7.73. The van der Waals surface area contributed by atoms with Crippen molar-refractivity contribution < 1.29 is 67.3 Å². The number of fused-ring (bicyclic) bond motifs is 1. The summed E-state index contributed by atoms with van der Waals surface area (Å²) in [5.74, 6) is -6.40. The molecule has 1 fully saturated rings. The van der Waals surface area contributed by atoms with Crippen LogP contribution in [-0.4, -0.2) is 88.7 Å². The number of likely N-dealkylation sites (tertiary alicyclic amines) is 1. The van der Waals surface area contributed by atoms with Gasteiger partial charge in [-0.2, -0.15) is 0 Å². The quantitative estimate of drug-likeness (QED) is 0.182. The maximum absolute atomic E-state index is 11.8. The number of hydrogen-bond donors (Lipinski definition) is 5. The molecule has 4 rings (SSSR count). The Morgan fingerprint density at radius 1 is 0.955 bits per heavy atom. The van der Waals surface area contributed by atoms with Crippen LogP contribution in [0.2, 0.25) is 0 Å². The number of hydrogen-bond acceptors (Lipinski definition) is 10. The second-order valence-electron chi connectivity index (χ2n) is 10.2. The molecule has 2 aliphatic rings. The number of piperidine rings is 1. The van der Waals surface area contributed by atoms with Gasteiger partial charge >= 0.3 is 11.9 Å². The van der Waals surface area contributed by atoms with Crippen molar-refractivity contribution in [2.45, 2.75) is 38.4 Å².